The number of aromatic nitrogens is 1. The van der Waals surface area contributed by atoms with Crippen molar-refractivity contribution in [3.05, 3.63) is 81.2 Å². The second-order valence-corrected chi connectivity index (χ2v) is 10.4. The van der Waals surface area contributed by atoms with E-state index in [9.17, 15) is 4.79 Å². The minimum atomic E-state index is -0.217. The molecule has 0 saturated carbocycles. The van der Waals surface area contributed by atoms with Crippen molar-refractivity contribution in [3.63, 3.8) is 0 Å². The molecular weight excluding hydrogens is 434 g/mol. The van der Waals surface area contributed by atoms with Crippen LogP contribution in [0.5, 0.6) is 0 Å². The average Bonchev–Trinajstić information content (AvgIpc) is 3.42. The van der Waals surface area contributed by atoms with Gasteiger partial charge in [-0.05, 0) is 43.5 Å². The number of amides is 1. The highest BCUT2D eigenvalue weighted by molar-refractivity contribution is 7.16. The first-order valence-corrected chi connectivity index (χ1v) is 12.7. The van der Waals surface area contributed by atoms with Gasteiger partial charge < -0.3 is 4.90 Å². The van der Waals surface area contributed by atoms with E-state index in [1.54, 1.807) is 22.7 Å². The standard InChI is InChI=1S/C26H29N3OS2/c1-6-10-22-20(15-17(2)3)26(30)29(19-11-8-7-9-12-19)25(28(22)5)24-14-13-23(32-24)21-16-31-18(4)27-21/h7-17,25H,6H2,1-5H3/b20-15+,22-10?. The van der Waals surface area contributed by atoms with E-state index < -0.39 is 0 Å². The third kappa shape index (κ3) is 4.30. The number of rotatable bonds is 5. The third-order valence-electron chi connectivity index (χ3n) is 5.40. The molecule has 0 radical (unpaired) electrons. The lowest BCUT2D eigenvalue weighted by Gasteiger charge is -2.45. The van der Waals surface area contributed by atoms with E-state index in [4.69, 9.17) is 0 Å². The topological polar surface area (TPSA) is 36.4 Å². The summed E-state index contributed by atoms with van der Waals surface area (Å²) in [7, 11) is 2.09. The quantitative estimate of drug-likeness (QED) is 0.381. The fraction of sp³-hybridized carbons (Fsp3) is 0.308. The van der Waals surface area contributed by atoms with Crippen molar-refractivity contribution in [3.8, 4) is 10.6 Å². The number of para-hydroxylation sites is 1. The molecule has 1 fully saturated rings. The van der Waals surface area contributed by atoms with Gasteiger partial charge in [0.1, 0.15) is 6.17 Å². The summed E-state index contributed by atoms with van der Waals surface area (Å²) >= 11 is 3.37. The monoisotopic (exact) mass is 463 g/mol. The predicted molar refractivity (Wildman–Crippen MR) is 136 cm³/mol. The van der Waals surface area contributed by atoms with Crippen LogP contribution in [0.3, 0.4) is 0 Å². The van der Waals surface area contributed by atoms with Crippen molar-refractivity contribution < 1.29 is 4.79 Å². The third-order valence-corrected chi connectivity index (χ3v) is 7.32. The van der Waals surface area contributed by atoms with Gasteiger partial charge in [-0.2, -0.15) is 0 Å². The number of thiazole rings is 1. The van der Waals surface area contributed by atoms with E-state index in [0.29, 0.717) is 0 Å². The zero-order valence-electron chi connectivity index (χ0n) is 19.2. The molecular formula is C26H29N3OS2. The number of allylic oxidation sites excluding steroid dienone is 2. The lowest BCUT2D eigenvalue weighted by atomic mass is 9.98. The number of nitrogens with zero attached hydrogens (tertiary/aromatic N) is 3. The number of benzene rings is 1. The Morgan fingerprint density at radius 3 is 2.53 bits per heavy atom. The summed E-state index contributed by atoms with van der Waals surface area (Å²) in [6.07, 6.45) is 4.91. The van der Waals surface area contributed by atoms with Gasteiger partial charge in [-0.1, -0.05) is 51.1 Å². The number of carbonyl (C=O) groups is 1. The number of hydrogen-bond acceptors (Lipinski definition) is 5. The Hall–Kier alpha value is -2.70. The van der Waals surface area contributed by atoms with Gasteiger partial charge in [0.25, 0.3) is 5.91 Å². The van der Waals surface area contributed by atoms with Gasteiger partial charge >= 0.3 is 0 Å². The van der Waals surface area contributed by atoms with Crippen LogP contribution in [0.1, 0.15) is 43.2 Å². The molecule has 1 saturated heterocycles. The molecule has 1 unspecified atom stereocenters. The summed E-state index contributed by atoms with van der Waals surface area (Å²) in [5.41, 5.74) is 3.68. The summed E-state index contributed by atoms with van der Waals surface area (Å²) in [5, 5.41) is 3.16. The summed E-state index contributed by atoms with van der Waals surface area (Å²) in [4.78, 5) is 25.0. The first-order chi connectivity index (χ1) is 15.4. The Bertz CT molecular complexity index is 1160. The van der Waals surface area contributed by atoms with Crippen molar-refractivity contribution >= 4 is 34.3 Å². The van der Waals surface area contributed by atoms with Gasteiger partial charge in [-0.15, -0.1) is 22.7 Å². The van der Waals surface area contributed by atoms with Crippen LogP contribution in [0.2, 0.25) is 0 Å². The Labute approximate surface area is 198 Å². The molecule has 1 atom stereocenters. The van der Waals surface area contributed by atoms with Crippen LogP contribution in [0.15, 0.2) is 71.3 Å². The second kappa shape index (κ2) is 9.43. The molecule has 1 aliphatic rings. The fourth-order valence-corrected chi connectivity index (χ4v) is 5.85. The number of anilines is 1. The average molecular weight is 464 g/mol. The molecule has 1 aromatic carbocycles. The smallest absolute Gasteiger partial charge is 0.262 e. The van der Waals surface area contributed by atoms with Crippen molar-refractivity contribution in [2.24, 2.45) is 5.92 Å². The Balaban J connectivity index is 1.85. The molecule has 166 valence electrons. The molecule has 6 heteroatoms. The molecule has 1 amide bonds. The minimum Gasteiger partial charge on any atom is -0.349 e. The summed E-state index contributed by atoms with van der Waals surface area (Å²) in [6.45, 7) is 8.37. The summed E-state index contributed by atoms with van der Waals surface area (Å²) in [5.74, 6) is 0.324. The van der Waals surface area contributed by atoms with Gasteiger partial charge in [0.2, 0.25) is 0 Å². The normalized spacial score (nSPS) is 19.6. The number of aryl methyl sites for hydroxylation is 1. The molecule has 0 spiro atoms. The van der Waals surface area contributed by atoms with E-state index in [1.807, 2.05) is 42.2 Å². The molecule has 0 N–H and O–H groups in total. The van der Waals surface area contributed by atoms with Crippen molar-refractivity contribution in [2.45, 2.75) is 40.3 Å². The van der Waals surface area contributed by atoms with Gasteiger partial charge in [0.15, 0.2) is 0 Å². The lowest BCUT2D eigenvalue weighted by Crippen LogP contribution is -2.49. The lowest BCUT2D eigenvalue weighted by molar-refractivity contribution is -0.117. The van der Waals surface area contributed by atoms with Crippen LogP contribution < -0.4 is 4.90 Å². The highest BCUT2D eigenvalue weighted by atomic mass is 32.1. The number of hydrogen-bond donors (Lipinski definition) is 0. The van der Waals surface area contributed by atoms with E-state index >= 15 is 0 Å². The Morgan fingerprint density at radius 1 is 1.16 bits per heavy atom. The van der Waals surface area contributed by atoms with Crippen LogP contribution in [0.25, 0.3) is 10.6 Å². The van der Waals surface area contributed by atoms with Gasteiger partial charge in [0, 0.05) is 28.7 Å². The van der Waals surface area contributed by atoms with Crippen molar-refractivity contribution in [1.82, 2.24) is 9.88 Å². The molecule has 32 heavy (non-hydrogen) atoms. The zero-order valence-corrected chi connectivity index (χ0v) is 20.8. The van der Waals surface area contributed by atoms with Gasteiger partial charge in [0.05, 0.1) is 21.2 Å². The maximum absolute atomic E-state index is 13.9. The highest BCUT2D eigenvalue weighted by Crippen LogP contribution is 2.43. The van der Waals surface area contributed by atoms with Crippen LogP contribution in [0.4, 0.5) is 5.69 Å². The molecule has 3 heterocycles. The van der Waals surface area contributed by atoms with E-state index in [0.717, 1.165) is 43.8 Å². The van der Waals surface area contributed by atoms with Crippen LogP contribution in [-0.2, 0) is 4.79 Å². The van der Waals surface area contributed by atoms with E-state index in [1.165, 1.54) is 0 Å². The minimum absolute atomic E-state index is 0.0483. The second-order valence-electron chi connectivity index (χ2n) is 8.27. The van der Waals surface area contributed by atoms with Crippen LogP contribution in [0, 0.1) is 12.8 Å². The molecule has 0 aliphatic carbocycles. The number of carbonyl (C=O) groups excluding carboxylic acids is 1. The van der Waals surface area contributed by atoms with E-state index in [-0.39, 0.29) is 18.0 Å². The molecule has 0 bridgehead atoms. The highest BCUT2D eigenvalue weighted by Gasteiger charge is 2.40. The maximum atomic E-state index is 13.9. The number of likely N-dealkylation sites (N-methyl/N-ethyl adjacent to an activating group) is 1. The maximum Gasteiger partial charge on any atom is 0.262 e. The van der Waals surface area contributed by atoms with Gasteiger partial charge in [-0.3, -0.25) is 9.69 Å². The number of thiophene rings is 1. The molecule has 1 aliphatic heterocycles. The van der Waals surface area contributed by atoms with Crippen LogP contribution in [-0.4, -0.2) is 22.8 Å². The summed E-state index contributed by atoms with van der Waals surface area (Å²) in [6, 6.07) is 14.2. The molecule has 2 aromatic heterocycles. The summed E-state index contributed by atoms with van der Waals surface area (Å²) < 4.78 is 0. The zero-order chi connectivity index (χ0) is 22.8. The van der Waals surface area contributed by atoms with Crippen molar-refractivity contribution in [1.29, 1.82) is 0 Å². The first kappa shape index (κ1) is 22.5. The Kier molecular flexibility index (Phi) is 6.63. The molecule has 3 aromatic rings. The molecule has 4 nitrogen and oxygen atoms in total. The van der Waals surface area contributed by atoms with Gasteiger partial charge in [-0.25, -0.2) is 4.98 Å². The van der Waals surface area contributed by atoms with Crippen LogP contribution >= 0.6 is 22.7 Å². The van der Waals surface area contributed by atoms with Crippen molar-refractivity contribution in [2.75, 3.05) is 11.9 Å². The first-order valence-electron chi connectivity index (χ1n) is 11.0. The molecule has 4 rings (SSSR count). The predicted octanol–water partition coefficient (Wildman–Crippen LogP) is 7.03. The SMILES string of the molecule is CCC=C1/C(=C\C(C)C)C(=O)N(c2ccccc2)C(c2ccc(-c3csc(C)n3)s2)N1C. The largest absolute Gasteiger partial charge is 0.349 e. The fourth-order valence-electron chi connectivity index (χ4n) is 4.05. The van der Waals surface area contributed by atoms with E-state index in [2.05, 4.69) is 67.4 Å². The Morgan fingerprint density at radius 2 is 1.91 bits per heavy atom.